The van der Waals surface area contributed by atoms with E-state index >= 15 is 0 Å². The number of aromatic nitrogens is 4. The van der Waals surface area contributed by atoms with Gasteiger partial charge in [-0.1, -0.05) is 30.3 Å². The van der Waals surface area contributed by atoms with Crippen LogP contribution >= 0.6 is 0 Å². The van der Waals surface area contributed by atoms with Gasteiger partial charge in [-0.15, -0.1) is 0 Å². The number of carbonyl (C=O) groups is 1. The molecule has 172 valence electrons. The second-order valence-corrected chi connectivity index (χ2v) is 9.31. The van der Waals surface area contributed by atoms with Crippen LogP contribution in [0.15, 0.2) is 36.5 Å². The maximum atomic E-state index is 13.0. The van der Waals surface area contributed by atoms with Gasteiger partial charge in [0, 0.05) is 56.1 Å². The van der Waals surface area contributed by atoms with Gasteiger partial charge in [-0.2, -0.15) is 5.10 Å². The second kappa shape index (κ2) is 8.96. The standard InChI is InChI=1S/C26H32N6O/c1-18-22-10-7-13-32(17-20-8-5-4-6-9-20)25(22)29-24(28-18)21-11-14-31(15-12-21)26(33)23-16-27-30(3)19(23)2/h4-6,8-9,16,21H,7,10-15,17H2,1-3H3. The average molecular weight is 445 g/mol. The summed E-state index contributed by atoms with van der Waals surface area (Å²) >= 11 is 0. The van der Waals surface area contributed by atoms with E-state index in [2.05, 4.69) is 47.3 Å². The molecule has 2 aliphatic rings. The van der Waals surface area contributed by atoms with E-state index in [-0.39, 0.29) is 11.8 Å². The maximum Gasteiger partial charge on any atom is 0.257 e. The quantitative estimate of drug-likeness (QED) is 0.612. The summed E-state index contributed by atoms with van der Waals surface area (Å²) < 4.78 is 1.75. The molecule has 5 rings (SSSR count). The molecule has 3 aromatic rings. The van der Waals surface area contributed by atoms with Crippen molar-refractivity contribution in [3.05, 3.63) is 70.4 Å². The summed E-state index contributed by atoms with van der Waals surface area (Å²) in [5.41, 5.74) is 5.32. The number of aryl methyl sites for hydroxylation is 2. The SMILES string of the molecule is Cc1nc(C2CCN(C(=O)c3cnn(C)c3C)CC2)nc2c1CCCN2Cc1ccccc1. The second-order valence-electron chi connectivity index (χ2n) is 9.31. The minimum atomic E-state index is 0.0793. The normalized spacial score (nSPS) is 16.7. The molecule has 2 aliphatic heterocycles. The Labute approximate surface area is 195 Å². The minimum absolute atomic E-state index is 0.0793. The van der Waals surface area contributed by atoms with Crippen molar-refractivity contribution < 1.29 is 4.79 Å². The van der Waals surface area contributed by atoms with Crippen LogP contribution in [-0.4, -0.2) is 50.2 Å². The van der Waals surface area contributed by atoms with Crippen LogP contribution in [0.2, 0.25) is 0 Å². The Hall–Kier alpha value is -3.22. The highest BCUT2D eigenvalue weighted by atomic mass is 16.2. The van der Waals surface area contributed by atoms with Crippen molar-refractivity contribution in [2.24, 2.45) is 7.05 Å². The molecule has 7 heteroatoms. The van der Waals surface area contributed by atoms with Gasteiger partial charge in [0.25, 0.3) is 5.91 Å². The number of hydrogen-bond acceptors (Lipinski definition) is 5. The number of rotatable bonds is 4. The molecular formula is C26H32N6O. The first-order valence-corrected chi connectivity index (χ1v) is 12.0. The number of carbonyl (C=O) groups excluding carboxylic acids is 1. The first-order chi connectivity index (χ1) is 16.0. The number of nitrogens with zero attached hydrogens (tertiary/aromatic N) is 6. The zero-order valence-corrected chi connectivity index (χ0v) is 19.8. The lowest BCUT2D eigenvalue weighted by Gasteiger charge is -2.34. The van der Waals surface area contributed by atoms with Gasteiger partial charge in [0.1, 0.15) is 11.6 Å². The Balaban J connectivity index is 1.32. The molecule has 0 bridgehead atoms. The molecular weight excluding hydrogens is 412 g/mol. The van der Waals surface area contributed by atoms with Crippen molar-refractivity contribution in [1.29, 1.82) is 0 Å². The number of amides is 1. The fourth-order valence-corrected chi connectivity index (χ4v) is 5.07. The molecule has 0 spiro atoms. The van der Waals surface area contributed by atoms with Crippen LogP contribution in [0.3, 0.4) is 0 Å². The minimum Gasteiger partial charge on any atom is -0.352 e. The van der Waals surface area contributed by atoms with E-state index in [9.17, 15) is 4.79 Å². The van der Waals surface area contributed by atoms with E-state index in [0.717, 1.165) is 74.9 Å². The van der Waals surface area contributed by atoms with Gasteiger partial charge in [-0.25, -0.2) is 9.97 Å². The van der Waals surface area contributed by atoms with Crippen LogP contribution in [0, 0.1) is 13.8 Å². The van der Waals surface area contributed by atoms with E-state index in [1.807, 2.05) is 18.9 Å². The van der Waals surface area contributed by atoms with Gasteiger partial charge in [0.15, 0.2) is 0 Å². The first-order valence-electron chi connectivity index (χ1n) is 12.0. The molecule has 0 radical (unpaired) electrons. The van der Waals surface area contributed by atoms with Crippen molar-refractivity contribution in [3.8, 4) is 0 Å². The molecule has 1 aromatic carbocycles. The van der Waals surface area contributed by atoms with Crippen molar-refractivity contribution in [2.45, 2.75) is 52.0 Å². The smallest absolute Gasteiger partial charge is 0.257 e. The molecule has 1 saturated heterocycles. The van der Waals surface area contributed by atoms with E-state index in [1.165, 1.54) is 11.1 Å². The van der Waals surface area contributed by atoms with Gasteiger partial charge in [-0.3, -0.25) is 9.48 Å². The lowest BCUT2D eigenvalue weighted by atomic mass is 9.94. The molecule has 0 N–H and O–H groups in total. The molecule has 33 heavy (non-hydrogen) atoms. The predicted molar refractivity (Wildman–Crippen MR) is 128 cm³/mol. The molecule has 0 atom stereocenters. The van der Waals surface area contributed by atoms with Gasteiger partial charge in [0.2, 0.25) is 0 Å². The number of anilines is 1. The van der Waals surface area contributed by atoms with Crippen LogP contribution in [0.1, 0.15) is 63.9 Å². The topological polar surface area (TPSA) is 67.2 Å². The summed E-state index contributed by atoms with van der Waals surface area (Å²) in [5.74, 6) is 2.41. The highest BCUT2D eigenvalue weighted by molar-refractivity contribution is 5.95. The highest BCUT2D eigenvalue weighted by Gasteiger charge is 2.30. The highest BCUT2D eigenvalue weighted by Crippen LogP contribution is 2.33. The van der Waals surface area contributed by atoms with Crippen LogP contribution in [0.25, 0.3) is 0 Å². The van der Waals surface area contributed by atoms with Gasteiger partial charge >= 0.3 is 0 Å². The molecule has 4 heterocycles. The monoisotopic (exact) mass is 444 g/mol. The summed E-state index contributed by atoms with van der Waals surface area (Å²) in [5, 5.41) is 4.23. The van der Waals surface area contributed by atoms with Gasteiger partial charge in [-0.05, 0) is 45.1 Å². The largest absolute Gasteiger partial charge is 0.352 e. The Morgan fingerprint density at radius 2 is 1.82 bits per heavy atom. The first kappa shape index (κ1) is 21.6. The Bertz CT molecular complexity index is 1150. The van der Waals surface area contributed by atoms with Crippen LogP contribution in [0.5, 0.6) is 0 Å². The van der Waals surface area contributed by atoms with Crippen LogP contribution < -0.4 is 4.90 Å². The fourth-order valence-electron chi connectivity index (χ4n) is 5.07. The third-order valence-electron chi connectivity index (χ3n) is 7.19. The third kappa shape index (κ3) is 4.24. The molecule has 1 amide bonds. The average Bonchev–Trinajstić information content (AvgIpc) is 3.18. The summed E-state index contributed by atoms with van der Waals surface area (Å²) in [7, 11) is 1.87. The summed E-state index contributed by atoms with van der Waals surface area (Å²) in [4.78, 5) is 27.4. The van der Waals surface area contributed by atoms with E-state index < -0.39 is 0 Å². The lowest BCUT2D eigenvalue weighted by molar-refractivity contribution is 0.0710. The molecule has 1 fully saturated rings. The molecule has 2 aromatic heterocycles. The lowest BCUT2D eigenvalue weighted by Crippen LogP contribution is -2.38. The molecule has 0 aliphatic carbocycles. The summed E-state index contributed by atoms with van der Waals surface area (Å²) in [6.07, 6.45) is 5.65. The van der Waals surface area contributed by atoms with Crippen LogP contribution in [-0.2, 0) is 20.0 Å². The number of fused-ring (bicyclic) bond motifs is 1. The van der Waals surface area contributed by atoms with Crippen molar-refractivity contribution in [2.75, 3.05) is 24.5 Å². The van der Waals surface area contributed by atoms with E-state index in [0.29, 0.717) is 5.56 Å². The number of hydrogen-bond donors (Lipinski definition) is 0. The maximum absolute atomic E-state index is 13.0. The van der Waals surface area contributed by atoms with Gasteiger partial charge in [0.05, 0.1) is 11.8 Å². The zero-order chi connectivity index (χ0) is 22.9. The summed E-state index contributed by atoms with van der Waals surface area (Å²) in [6.45, 7) is 7.42. The molecule has 7 nitrogen and oxygen atoms in total. The third-order valence-corrected chi connectivity index (χ3v) is 7.19. The number of benzene rings is 1. The predicted octanol–water partition coefficient (Wildman–Crippen LogP) is 3.80. The zero-order valence-electron chi connectivity index (χ0n) is 19.8. The summed E-state index contributed by atoms with van der Waals surface area (Å²) in [6, 6.07) is 10.6. The van der Waals surface area contributed by atoms with E-state index in [1.54, 1.807) is 10.9 Å². The number of likely N-dealkylation sites (tertiary alicyclic amines) is 1. The fraction of sp³-hybridized carbons (Fsp3) is 0.462. The van der Waals surface area contributed by atoms with Crippen molar-refractivity contribution in [3.63, 3.8) is 0 Å². The van der Waals surface area contributed by atoms with Crippen molar-refractivity contribution >= 4 is 11.7 Å². The van der Waals surface area contributed by atoms with E-state index in [4.69, 9.17) is 9.97 Å². The Morgan fingerprint density at radius 3 is 2.52 bits per heavy atom. The Kier molecular flexibility index (Phi) is 5.87. The van der Waals surface area contributed by atoms with Crippen LogP contribution in [0.4, 0.5) is 5.82 Å². The Morgan fingerprint density at radius 1 is 1.06 bits per heavy atom. The molecule has 0 saturated carbocycles. The van der Waals surface area contributed by atoms with Crippen molar-refractivity contribution in [1.82, 2.24) is 24.6 Å². The molecule has 0 unspecified atom stereocenters. The van der Waals surface area contributed by atoms with Gasteiger partial charge < -0.3 is 9.80 Å². The number of piperidine rings is 1.